The highest BCUT2D eigenvalue weighted by Crippen LogP contribution is 2.21. The Hall–Kier alpha value is -1.27. The van der Waals surface area contributed by atoms with Crippen molar-refractivity contribution in [1.82, 2.24) is 0 Å². The first-order valence-corrected chi connectivity index (χ1v) is 5.13. The van der Waals surface area contributed by atoms with E-state index in [4.69, 9.17) is 16.9 Å². The Bertz CT molecular complexity index is 373. The van der Waals surface area contributed by atoms with Crippen molar-refractivity contribution in [1.29, 1.82) is 5.26 Å². The van der Waals surface area contributed by atoms with E-state index in [1.165, 1.54) is 18.2 Å². The topological polar surface area (TPSA) is 35.8 Å². The summed E-state index contributed by atoms with van der Waals surface area (Å²) in [5.41, 5.74) is 0.351. The zero-order valence-electron chi connectivity index (χ0n) is 8.43. The molecule has 1 unspecified atom stereocenters. The second-order valence-corrected chi connectivity index (χ2v) is 3.67. The molecule has 1 rings (SSSR count). The van der Waals surface area contributed by atoms with E-state index in [0.29, 0.717) is 17.1 Å². The predicted molar refractivity (Wildman–Crippen MR) is 59.3 cm³/mol. The van der Waals surface area contributed by atoms with E-state index < -0.39 is 0 Å². The van der Waals surface area contributed by atoms with E-state index in [1.54, 1.807) is 0 Å². The molecule has 0 spiro atoms. The van der Waals surface area contributed by atoms with Crippen molar-refractivity contribution < 1.29 is 4.39 Å². The van der Waals surface area contributed by atoms with Crippen molar-refractivity contribution in [3.05, 3.63) is 29.0 Å². The minimum absolute atomic E-state index is 0.0389. The molecular weight excluding hydrogens is 215 g/mol. The van der Waals surface area contributed by atoms with Gasteiger partial charge in [0.25, 0.3) is 0 Å². The van der Waals surface area contributed by atoms with Crippen LogP contribution in [0.4, 0.5) is 10.1 Å². The Kier molecular flexibility index (Phi) is 4.38. The molecular formula is C11H12ClFN2. The van der Waals surface area contributed by atoms with E-state index in [2.05, 4.69) is 11.4 Å². The van der Waals surface area contributed by atoms with Gasteiger partial charge in [0.1, 0.15) is 5.82 Å². The molecule has 2 nitrogen and oxygen atoms in total. The quantitative estimate of drug-likeness (QED) is 0.852. The molecule has 0 saturated heterocycles. The highest BCUT2D eigenvalue weighted by Gasteiger charge is 2.09. The summed E-state index contributed by atoms with van der Waals surface area (Å²) in [6.07, 6.45) is 1.11. The molecule has 0 saturated carbocycles. The van der Waals surface area contributed by atoms with Crippen LogP contribution in [0, 0.1) is 17.1 Å². The molecule has 1 aromatic carbocycles. The van der Waals surface area contributed by atoms with Crippen molar-refractivity contribution in [3.63, 3.8) is 0 Å². The average Bonchev–Trinajstić information content (AvgIpc) is 2.22. The smallest absolute Gasteiger partial charge is 0.146 e. The standard InChI is InChI=1S/C11H12ClFN2/c1-2-9(5-6-14)15-11-7-8(12)3-4-10(11)13/h3-4,7,9,15H,2,5H2,1H3. The molecule has 1 atom stereocenters. The molecule has 15 heavy (non-hydrogen) atoms. The fourth-order valence-electron chi connectivity index (χ4n) is 1.24. The lowest BCUT2D eigenvalue weighted by molar-refractivity contribution is 0.621. The number of anilines is 1. The molecule has 0 fully saturated rings. The van der Waals surface area contributed by atoms with Crippen LogP contribution < -0.4 is 5.32 Å². The molecule has 1 aromatic rings. The van der Waals surface area contributed by atoms with Gasteiger partial charge in [-0.2, -0.15) is 5.26 Å². The van der Waals surface area contributed by atoms with E-state index >= 15 is 0 Å². The van der Waals surface area contributed by atoms with Crippen LogP contribution in [0.15, 0.2) is 18.2 Å². The third-order valence-electron chi connectivity index (χ3n) is 2.12. The zero-order valence-corrected chi connectivity index (χ0v) is 9.18. The van der Waals surface area contributed by atoms with Gasteiger partial charge in [0.15, 0.2) is 0 Å². The fraction of sp³-hybridized carbons (Fsp3) is 0.364. The van der Waals surface area contributed by atoms with Gasteiger partial charge in [-0.3, -0.25) is 0 Å². The summed E-state index contributed by atoms with van der Waals surface area (Å²) in [5.74, 6) is -0.351. The zero-order chi connectivity index (χ0) is 11.3. The Morgan fingerprint density at radius 1 is 1.60 bits per heavy atom. The van der Waals surface area contributed by atoms with Crippen molar-refractivity contribution in [2.24, 2.45) is 0 Å². The van der Waals surface area contributed by atoms with E-state index in [9.17, 15) is 4.39 Å². The van der Waals surface area contributed by atoms with Crippen LogP contribution in [0.5, 0.6) is 0 Å². The molecule has 0 radical (unpaired) electrons. The van der Waals surface area contributed by atoms with Crippen LogP contribution in [0.25, 0.3) is 0 Å². The number of halogens is 2. The summed E-state index contributed by atoms with van der Waals surface area (Å²) < 4.78 is 13.3. The maximum absolute atomic E-state index is 13.3. The molecule has 0 aromatic heterocycles. The van der Waals surface area contributed by atoms with Gasteiger partial charge in [-0.25, -0.2) is 4.39 Å². The van der Waals surface area contributed by atoms with Gasteiger partial charge in [0, 0.05) is 11.1 Å². The number of nitriles is 1. The lowest BCUT2D eigenvalue weighted by Crippen LogP contribution is -2.18. The molecule has 0 heterocycles. The van der Waals surface area contributed by atoms with Gasteiger partial charge in [-0.05, 0) is 24.6 Å². The van der Waals surface area contributed by atoms with Crippen LogP contribution in [-0.4, -0.2) is 6.04 Å². The summed E-state index contributed by atoms with van der Waals surface area (Å²) in [7, 11) is 0. The number of hydrogen-bond acceptors (Lipinski definition) is 2. The number of benzene rings is 1. The van der Waals surface area contributed by atoms with Gasteiger partial charge < -0.3 is 5.32 Å². The minimum Gasteiger partial charge on any atom is -0.379 e. The van der Waals surface area contributed by atoms with Gasteiger partial charge in [-0.1, -0.05) is 18.5 Å². The number of nitrogens with one attached hydrogen (secondary N) is 1. The molecule has 0 bridgehead atoms. The van der Waals surface area contributed by atoms with E-state index in [0.717, 1.165) is 6.42 Å². The molecule has 80 valence electrons. The van der Waals surface area contributed by atoms with Crippen molar-refractivity contribution in [2.45, 2.75) is 25.8 Å². The summed E-state index contributed by atoms with van der Waals surface area (Å²) in [5, 5.41) is 12.0. The first-order valence-electron chi connectivity index (χ1n) is 4.76. The highest BCUT2D eigenvalue weighted by atomic mass is 35.5. The second-order valence-electron chi connectivity index (χ2n) is 3.24. The minimum atomic E-state index is -0.351. The monoisotopic (exact) mass is 226 g/mol. The normalized spacial score (nSPS) is 11.9. The van der Waals surface area contributed by atoms with E-state index in [1.807, 2.05) is 6.92 Å². The van der Waals surface area contributed by atoms with Crippen LogP contribution >= 0.6 is 11.6 Å². The second kappa shape index (κ2) is 5.57. The van der Waals surface area contributed by atoms with Gasteiger partial charge in [0.2, 0.25) is 0 Å². The summed E-state index contributed by atoms with van der Waals surface area (Å²) in [6, 6.07) is 6.34. The lowest BCUT2D eigenvalue weighted by Gasteiger charge is -2.15. The van der Waals surface area contributed by atoms with Crippen molar-refractivity contribution >= 4 is 17.3 Å². The average molecular weight is 227 g/mol. The Morgan fingerprint density at radius 3 is 2.93 bits per heavy atom. The third-order valence-corrected chi connectivity index (χ3v) is 2.35. The van der Waals surface area contributed by atoms with Crippen LogP contribution in [0.3, 0.4) is 0 Å². The Morgan fingerprint density at radius 2 is 2.33 bits per heavy atom. The molecule has 0 aliphatic rings. The Labute approximate surface area is 93.7 Å². The SMILES string of the molecule is CCC(CC#N)Nc1cc(Cl)ccc1F. The maximum atomic E-state index is 13.3. The molecule has 1 N–H and O–H groups in total. The number of nitrogens with zero attached hydrogens (tertiary/aromatic N) is 1. The molecule has 0 aliphatic carbocycles. The number of hydrogen-bond donors (Lipinski definition) is 1. The maximum Gasteiger partial charge on any atom is 0.146 e. The molecule has 0 aliphatic heterocycles. The largest absolute Gasteiger partial charge is 0.379 e. The molecule has 4 heteroatoms. The lowest BCUT2D eigenvalue weighted by atomic mass is 10.1. The fourth-order valence-corrected chi connectivity index (χ4v) is 1.41. The Balaban J connectivity index is 2.78. The van der Waals surface area contributed by atoms with Gasteiger partial charge >= 0.3 is 0 Å². The highest BCUT2D eigenvalue weighted by molar-refractivity contribution is 6.30. The summed E-state index contributed by atoms with van der Waals surface area (Å²) in [4.78, 5) is 0. The first-order chi connectivity index (χ1) is 7.17. The summed E-state index contributed by atoms with van der Waals surface area (Å²) in [6.45, 7) is 1.94. The number of rotatable bonds is 4. The van der Waals surface area contributed by atoms with Crippen molar-refractivity contribution in [3.8, 4) is 6.07 Å². The van der Waals surface area contributed by atoms with Crippen LogP contribution in [0.2, 0.25) is 5.02 Å². The summed E-state index contributed by atoms with van der Waals surface area (Å²) >= 11 is 5.75. The molecule has 0 amide bonds. The van der Waals surface area contributed by atoms with Gasteiger partial charge in [-0.15, -0.1) is 0 Å². The first kappa shape index (κ1) is 11.8. The predicted octanol–water partition coefficient (Wildman–Crippen LogP) is 3.58. The van der Waals surface area contributed by atoms with Crippen LogP contribution in [-0.2, 0) is 0 Å². The van der Waals surface area contributed by atoms with E-state index in [-0.39, 0.29) is 11.9 Å². The van der Waals surface area contributed by atoms with Gasteiger partial charge in [0.05, 0.1) is 18.2 Å². The van der Waals surface area contributed by atoms with Crippen LogP contribution in [0.1, 0.15) is 19.8 Å². The third kappa shape index (κ3) is 3.41. The van der Waals surface area contributed by atoms with Crippen molar-refractivity contribution in [2.75, 3.05) is 5.32 Å².